The van der Waals surface area contributed by atoms with Crippen molar-refractivity contribution in [2.45, 2.75) is 26.4 Å². The van der Waals surface area contributed by atoms with E-state index in [9.17, 15) is 4.79 Å². The highest BCUT2D eigenvalue weighted by atomic mass is 32.1. The minimum absolute atomic E-state index is 0.181. The van der Waals surface area contributed by atoms with Crippen LogP contribution >= 0.6 is 22.7 Å². The van der Waals surface area contributed by atoms with Gasteiger partial charge in [-0.1, -0.05) is 35.9 Å². The van der Waals surface area contributed by atoms with Crippen molar-refractivity contribution in [3.63, 3.8) is 0 Å². The van der Waals surface area contributed by atoms with Crippen LogP contribution in [0.2, 0.25) is 0 Å². The number of thiazole rings is 1. The molecule has 4 aromatic rings. The minimum atomic E-state index is -0.291. The number of hydrogen-bond acceptors (Lipinski definition) is 7. The average molecular weight is 411 g/mol. The van der Waals surface area contributed by atoms with Gasteiger partial charge in [-0.15, -0.1) is 22.7 Å². The van der Waals surface area contributed by atoms with Crippen molar-refractivity contribution in [2.75, 3.05) is 0 Å². The molecule has 3 aromatic heterocycles. The molecule has 0 saturated heterocycles. The first kappa shape index (κ1) is 18.6. The summed E-state index contributed by atoms with van der Waals surface area (Å²) < 4.78 is 11.1. The van der Waals surface area contributed by atoms with Gasteiger partial charge in [0.05, 0.1) is 23.2 Å². The molecule has 0 unspecified atom stereocenters. The summed E-state index contributed by atoms with van der Waals surface area (Å²) in [5.74, 6) is 0.939. The maximum absolute atomic E-state index is 12.0. The molecule has 142 valence electrons. The molecule has 0 N–H and O–H groups in total. The normalized spacial score (nSPS) is 10.9. The summed E-state index contributed by atoms with van der Waals surface area (Å²) in [6.45, 7) is 2.22. The van der Waals surface area contributed by atoms with Crippen molar-refractivity contribution in [1.82, 2.24) is 9.97 Å². The predicted molar refractivity (Wildman–Crippen MR) is 110 cm³/mol. The number of oxazole rings is 1. The van der Waals surface area contributed by atoms with Crippen molar-refractivity contribution < 1.29 is 13.9 Å². The second-order valence-electron chi connectivity index (χ2n) is 6.27. The Morgan fingerprint density at radius 2 is 2.04 bits per heavy atom. The van der Waals surface area contributed by atoms with E-state index in [-0.39, 0.29) is 19.0 Å². The second kappa shape index (κ2) is 8.50. The van der Waals surface area contributed by atoms with E-state index in [1.54, 1.807) is 28.9 Å². The molecule has 0 spiro atoms. The zero-order valence-corrected chi connectivity index (χ0v) is 16.9. The Bertz CT molecular complexity index is 1050. The summed E-state index contributed by atoms with van der Waals surface area (Å²) in [6.07, 6.45) is 2.31. The molecule has 0 amide bonds. The molecule has 1 aromatic carbocycles. The van der Waals surface area contributed by atoms with Gasteiger partial charge in [0.1, 0.15) is 11.6 Å². The molecule has 5 nitrogen and oxygen atoms in total. The van der Waals surface area contributed by atoms with Crippen LogP contribution in [0.3, 0.4) is 0 Å². The molecule has 0 atom stereocenters. The fraction of sp³-hybridized carbons (Fsp3) is 0.190. The Hall–Kier alpha value is -2.77. The van der Waals surface area contributed by atoms with Gasteiger partial charge >= 0.3 is 5.97 Å². The first-order valence-corrected chi connectivity index (χ1v) is 10.6. The van der Waals surface area contributed by atoms with Crippen LogP contribution in [0.1, 0.15) is 23.6 Å². The van der Waals surface area contributed by atoms with E-state index in [0.717, 1.165) is 21.1 Å². The molecule has 7 heteroatoms. The number of carbonyl (C=O) groups is 1. The second-order valence-corrected chi connectivity index (χ2v) is 8.07. The molecule has 0 aliphatic heterocycles. The van der Waals surface area contributed by atoms with E-state index in [2.05, 4.69) is 9.97 Å². The molecule has 3 heterocycles. The van der Waals surface area contributed by atoms with Gasteiger partial charge in [0.25, 0.3) is 0 Å². The van der Waals surface area contributed by atoms with Crippen molar-refractivity contribution in [3.8, 4) is 21.2 Å². The molecule has 0 aliphatic rings. The summed E-state index contributed by atoms with van der Waals surface area (Å²) in [6, 6.07) is 12.1. The van der Waals surface area contributed by atoms with Gasteiger partial charge in [0.15, 0.2) is 11.7 Å². The van der Waals surface area contributed by atoms with Gasteiger partial charge in [-0.05, 0) is 18.4 Å². The first-order valence-electron chi connectivity index (χ1n) is 8.83. The number of rotatable bonds is 7. The van der Waals surface area contributed by atoms with Crippen molar-refractivity contribution >= 4 is 28.6 Å². The van der Waals surface area contributed by atoms with Crippen LogP contribution in [0, 0.1) is 6.92 Å². The summed E-state index contributed by atoms with van der Waals surface area (Å²) in [7, 11) is 0. The lowest BCUT2D eigenvalue weighted by Gasteiger charge is -2.01. The molecule has 4 rings (SSSR count). The monoisotopic (exact) mass is 410 g/mol. The number of aromatic nitrogens is 2. The summed E-state index contributed by atoms with van der Waals surface area (Å²) in [5, 5.41) is 4.89. The topological polar surface area (TPSA) is 65.2 Å². The highest BCUT2D eigenvalue weighted by molar-refractivity contribution is 7.20. The Balaban J connectivity index is 1.26. The van der Waals surface area contributed by atoms with Gasteiger partial charge in [0.2, 0.25) is 0 Å². The maximum Gasteiger partial charge on any atom is 0.306 e. The van der Waals surface area contributed by atoms with Crippen molar-refractivity contribution in [1.29, 1.82) is 0 Å². The van der Waals surface area contributed by atoms with Gasteiger partial charge in [-0.25, -0.2) is 9.97 Å². The standard InChI is InChI=1S/C21H18N2O3S2/c1-14-4-6-15(7-5-14)17-11-22-19(26-17)8-9-20(24)25-12-16-13-28-21(23-16)18-3-2-10-27-18/h2-7,10-11,13H,8-9,12H2,1H3. The molecule has 0 bridgehead atoms. The van der Waals surface area contributed by atoms with Crippen molar-refractivity contribution in [2.24, 2.45) is 0 Å². The Labute approximate surface area is 170 Å². The SMILES string of the molecule is Cc1ccc(-c2cnc(CCC(=O)OCc3csc(-c4cccs4)n3)o2)cc1. The number of thiophene rings is 1. The van der Waals surface area contributed by atoms with Crippen LogP contribution in [0.4, 0.5) is 0 Å². The lowest BCUT2D eigenvalue weighted by Crippen LogP contribution is -2.06. The van der Waals surface area contributed by atoms with Crippen molar-refractivity contribution in [3.05, 3.63) is 70.5 Å². The minimum Gasteiger partial charge on any atom is -0.459 e. The van der Waals surface area contributed by atoms with Crippen LogP contribution in [0.25, 0.3) is 21.2 Å². The van der Waals surface area contributed by atoms with E-state index in [1.807, 2.05) is 54.1 Å². The first-order chi connectivity index (χ1) is 13.7. The van der Waals surface area contributed by atoms with Crippen LogP contribution < -0.4 is 0 Å². The summed E-state index contributed by atoms with van der Waals surface area (Å²) in [5.41, 5.74) is 2.92. The zero-order chi connectivity index (χ0) is 19.3. The van der Waals surface area contributed by atoms with E-state index >= 15 is 0 Å². The van der Waals surface area contributed by atoms with Crippen LogP contribution in [0.15, 0.2) is 57.8 Å². The average Bonchev–Trinajstić information content (AvgIpc) is 3.46. The quantitative estimate of drug-likeness (QED) is 0.376. The lowest BCUT2D eigenvalue weighted by molar-refractivity contribution is -0.145. The van der Waals surface area contributed by atoms with Gasteiger partial charge in [0, 0.05) is 17.4 Å². The van der Waals surface area contributed by atoms with Gasteiger partial charge < -0.3 is 9.15 Å². The zero-order valence-electron chi connectivity index (χ0n) is 15.3. The third-order valence-corrected chi connectivity index (χ3v) is 6.03. The Morgan fingerprint density at radius 1 is 1.18 bits per heavy atom. The molecule has 0 radical (unpaired) electrons. The Morgan fingerprint density at radius 3 is 2.82 bits per heavy atom. The smallest absolute Gasteiger partial charge is 0.306 e. The van der Waals surface area contributed by atoms with E-state index in [4.69, 9.17) is 9.15 Å². The molecule has 0 saturated carbocycles. The van der Waals surface area contributed by atoms with Gasteiger partial charge in [-0.3, -0.25) is 4.79 Å². The molecule has 28 heavy (non-hydrogen) atoms. The number of esters is 1. The number of benzene rings is 1. The fourth-order valence-electron chi connectivity index (χ4n) is 2.60. The number of aryl methyl sites for hydroxylation is 2. The summed E-state index contributed by atoms with van der Waals surface area (Å²) in [4.78, 5) is 21.9. The number of hydrogen-bond donors (Lipinski definition) is 0. The van der Waals surface area contributed by atoms with E-state index < -0.39 is 0 Å². The van der Waals surface area contributed by atoms with Crippen LogP contribution in [-0.2, 0) is 22.6 Å². The highest BCUT2D eigenvalue weighted by Crippen LogP contribution is 2.28. The molecule has 0 aliphatic carbocycles. The van der Waals surface area contributed by atoms with E-state index in [0.29, 0.717) is 18.1 Å². The largest absolute Gasteiger partial charge is 0.459 e. The lowest BCUT2D eigenvalue weighted by atomic mass is 10.1. The third-order valence-electron chi connectivity index (χ3n) is 4.10. The molecule has 0 fully saturated rings. The van der Waals surface area contributed by atoms with Crippen LogP contribution in [0.5, 0.6) is 0 Å². The number of nitrogens with zero attached hydrogens (tertiary/aromatic N) is 2. The number of carbonyl (C=O) groups excluding carboxylic acids is 1. The highest BCUT2D eigenvalue weighted by Gasteiger charge is 2.11. The molecular weight excluding hydrogens is 392 g/mol. The van der Waals surface area contributed by atoms with E-state index in [1.165, 1.54) is 5.56 Å². The number of ether oxygens (including phenoxy) is 1. The molecular formula is C21H18N2O3S2. The van der Waals surface area contributed by atoms with Gasteiger partial charge in [-0.2, -0.15) is 0 Å². The summed E-state index contributed by atoms with van der Waals surface area (Å²) >= 11 is 3.20. The third kappa shape index (κ3) is 4.55. The Kier molecular flexibility index (Phi) is 5.64. The predicted octanol–water partition coefficient (Wildman–Crippen LogP) is 5.51. The fourth-order valence-corrected chi connectivity index (χ4v) is 4.22. The van der Waals surface area contributed by atoms with Crippen LogP contribution in [-0.4, -0.2) is 15.9 Å². The maximum atomic E-state index is 12.0.